The van der Waals surface area contributed by atoms with Crippen LogP contribution in [0.2, 0.25) is 0 Å². The van der Waals surface area contributed by atoms with Gasteiger partial charge in [0, 0.05) is 6.61 Å². The second-order valence-electron chi connectivity index (χ2n) is 2.27. The third kappa shape index (κ3) is 6.15. The van der Waals surface area contributed by atoms with Crippen molar-refractivity contribution < 1.29 is 19.0 Å². The average molecular weight is 169 g/mol. The van der Waals surface area contributed by atoms with Gasteiger partial charge in [0.25, 0.3) is 5.92 Å². The van der Waals surface area contributed by atoms with E-state index in [4.69, 9.17) is 10.2 Å². The summed E-state index contributed by atoms with van der Waals surface area (Å²) in [4.78, 5) is 0. The molecule has 0 unspecified atom stereocenters. The van der Waals surface area contributed by atoms with Gasteiger partial charge in [0.2, 0.25) is 0 Å². The molecule has 0 aromatic carbocycles. The van der Waals surface area contributed by atoms with E-state index in [2.05, 4.69) is 5.32 Å². The first-order valence-corrected chi connectivity index (χ1v) is 3.42. The number of hydrogen-bond donors (Lipinski definition) is 3. The van der Waals surface area contributed by atoms with Crippen molar-refractivity contribution in [1.82, 2.24) is 5.32 Å². The Balaban J connectivity index is 3.23. The first-order valence-electron chi connectivity index (χ1n) is 3.42. The predicted octanol–water partition coefficient (Wildman–Crippen LogP) is -0.414. The molecule has 0 amide bonds. The highest BCUT2D eigenvalue weighted by atomic mass is 19.3. The molecular formula is C6H13F2NO2. The highest BCUT2D eigenvalue weighted by Gasteiger charge is 2.26. The third-order valence-electron chi connectivity index (χ3n) is 1.13. The molecule has 0 atom stereocenters. The van der Waals surface area contributed by atoms with Crippen LogP contribution in [0.15, 0.2) is 0 Å². The van der Waals surface area contributed by atoms with Gasteiger partial charge in [0.1, 0.15) is 6.61 Å². The van der Waals surface area contributed by atoms with Gasteiger partial charge in [0.15, 0.2) is 0 Å². The zero-order valence-electron chi connectivity index (χ0n) is 6.19. The van der Waals surface area contributed by atoms with Gasteiger partial charge in [-0.15, -0.1) is 0 Å². The molecule has 0 aromatic heterocycles. The normalized spacial score (nSPS) is 12.0. The summed E-state index contributed by atoms with van der Waals surface area (Å²) in [6, 6.07) is 0. The number of alkyl halides is 2. The lowest BCUT2D eigenvalue weighted by Gasteiger charge is -2.13. The zero-order valence-corrected chi connectivity index (χ0v) is 6.19. The Kier molecular flexibility index (Phi) is 5.27. The van der Waals surface area contributed by atoms with Crippen LogP contribution in [-0.2, 0) is 0 Å². The van der Waals surface area contributed by atoms with E-state index in [9.17, 15) is 8.78 Å². The maximum Gasteiger partial charge on any atom is 0.282 e. The fourth-order valence-corrected chi connectivity index (χ4v) is 0.531. The van der Waals surface area contributed by atoms with Gasteiger partial charge < -0.3 is 15.5 Å². The number of aliphatic hydroxyl groups excluding tert-OH is 2. The van der Waals surface area contributed by atoms with Crippen LogP contribution >= 0.6 is 0 Å². The molecule has 0 saturated carbocycles. The van der Waals surface area contributed by atoms with Crippen LogP contribution in [0, 0.1) is 0 Å². The number of hydrogen-bond acceptors (Lipinski definition) is 3. The van der Waals surface area contributed by atoms with E-state index in [-0.39, 0.29) is 6.61 Å². The summed E-state index contributed by atoms with van der Waals surface area (Å²) in [5.74, 6) is -3.05. The monoisotopic (exact) mass is 169 g/mol. The first-order chi connectivity index (χ1) is 5.12. The molecule has 0 aromatic rings. The maximum atomic E-state index is 12.2. The predicted molar refractivity (Wildman–Crippen MR) is 36.6 cm³/mol. The van der Waals surface area contributed by atoms with Gasteiger partial charge in [-0.2, -0.15) is 0 Å². The lowest BCUT2D eigenvalue weighted by molar-refractivity contribution is -0.0475. The van der Waals surface area contributed by atoms with E-state index in [1.54, 1.807) is 0 Å². The second kappa shape index (κ2) is 5.40. The van der Waals surface area contributed by atoms with Crippen molar-refractivity contribution in [3.05, 3.63) is 0 Å². The molecule has 11 heavy (non-hydrogen) atoms. The molecule has 0 fully saturated rings. The van der Waals surface area contributed by atoms with Crippen molar-refractivity contribution in [2.75, 3.05) is 26.3 Å². The topological polar surface area (TPSA) is 52.5 Å². The molecule has 0 saturated heterocycles. The summed E-state index contributed by atoms with van der Waals surface area (Å²) in [7, 11) is 0. The number of nitrogens with one attached hydrogen (secondary N) is 1. The van der Waals surface area contributed by atoms with Crippen molar-refractivity contribution in [3.63, 3.8) is 0 Å². The molecule has 3 N–H and O–H groups in total. The summed E-state index contributed by atoms with van der Waals surface area (Å²) >= 11 is 0. The van der Waals surface area contributed by atoms with E-state index in [1.807, 2.05) is 0 Å². The maximum absolute atomic E-state index is 12.2. The van der Waals surface area contributed by atoms with Gasteiger partial charge in [-0.25, -0.2) is 8.78 Å². The van der Waals surface area contributed by atoms with Crippen LogP contribution in [0.1, 0.15) is 6.42 Å². The van der Waals surface area contributed by atoms with Crippen LogP contribution in [0.25, 0.3) is 0 Å². The fourth-order valence-electron chi connectivity index (χ4n) is 0.531. The van der Waals surface area contributed by atoms with E-state index >= 15 is 0 Å². The average Bonchev–Trinajstić information content (AvgIpc) is 1.99. The molecule has 0 radical (unpaired) electrons. The molecule has 0 heterocycles. The largest absolute Gasteiger partial charge is 0.396 e. The van der Waals surface area contributed by atoms with Crippen molar-refractivity contribution in [3.8, 4) is 0 Å². The molecule has 0 aliphatic heterocycles. The quantitative estimate of drug-likeness (QED) is 0.474. The minimum atomic E-state index is -3.05. The highest BCUT2D eigenvalue weighted by molar-refractivity contribution is 4.66. The lowest BCUT2D eigenvalue weighted by Crippen LogP contribution is -2.36. The highest BCUT2D eigenvalue weighted by Crippen LogP contribution is 2.09. The molecule has 0 bridgehead atoms. The summed E-state index contributed by atoms with van der Waals surface area (Å²) in [5, 5.41) is 18.8. The summed E-state index contributed by atoms with van der Waals surface area (Å²) in [6.45, 7) is -1.35. The third-order valence-corrected chi connectivity index (χ3v) is 1.13. The summed E-state index contributed by atoms with van der Waals surface area (Å²) in [6.07, 6.45) is 0.446. The SMILES string of the molecule is OCCCNCC(F)(F)CO. The smallest absolute Gasteiger partial charge is 0.282 e. The molecule has 0 rings (SSSR count). The Morgan fingerprint density at radius 2 is 1.91 bits per heavy atom. The fraction of sp³-hybridized carbons (Fsp3) is 1.00. The van der Waals surface area contributed by atoms with E-state index in [0.717, 1.165) is 0 Å². The van der Waals surface area contributed by atoms with Gasteiger partial charge in [-0.1, -0.05) is 0 Å². The van der Waals surface area contributed by atoms with E-state index in [0.29, 0.717) is 13.0 Å². The Labute approximate surface area is 64.0 Å². The van der Waals surface area contributed by atoms with Gasteiger partial charge in [-0.05, 0) is 13.0 Å². The molecule has 0 spiro atoms. The molecule has 3 nitrogen and oxygen atoms in total. The van der Waals surface area contributed by atoms with Crippen molar-refractivity contribution >= 4 is 0 Å². The number of rotatable bonds is 6. The zero-order chi connectivity index (χ0) is 8.74. The molecule has 0 aliphatic carbocycles. The molecule has 0 aliphatic rings. The minimum Gasteiger partial charge on any atom is -0.396 e. The molecule has 68 valence electrons. The summed E-state index contributed by atoms with van der Waals surface area (Å²) < 4.78 is 24.4. The first kappa shape index (κ1) is 10.7. The Morgan fingerprint density at radius 1 is 1.27 bits per heavy atom. The van der Waals surface area contributed by atoms with Crippen molar-refractivity contribution in [2.24, 2.45) is 0 Å². The van der Waals surface area contributed by atoms with Crippen LogP contribution < -0.4 is 5.32 Å². The Bertz CT molecular complexity index is 101. The van der Waals surface area contributed by atoms with E-state index < -0.39 is 19.1 Å². The summed E-state index contributed by atoms with van der Waals surface area (Å²) in [5.41, 5.74) is 0. The standard InChI is InChI=1S/C6H13F2NO2/c7-6(8,5-11)4-9-2-1-3-10/h9-11H,1-5H2. The van der Waals surface area contributed by atoms with E-state index in [1.165, 1.54) is 0 Å². The van der Waals surface area contributed by atoms with Crippen molar-refractivity contribution in [2.45, 2.75) is 12.3 Å². The lowest BCUT2D eigenvalue weighted by atomic mass is 10.3. The van der Waals surface area contributed by atoms with Gasteiger partial charge in [-0.3, -0.25) is 0 Å². The van der Waals surface area contributed by atoms with Crippen LogP contribution in [0.5, 0.6) is 0 Å². The molecular weight excluding hydrogens is 156 g/mol. The Morgan fingerprint density at radius 3 is 2.36 bits per heavy atom. The van der Waals surface area contributed by atoms with Gasteiger partial charge in [0.05, 0.1) is 6.54 Å². The minimum absolute atomic E-state index is 0.0162. The van der Waals surface area contributed by atoms with Crippen LogP contribution in [0.3, 0.4) is 0 Å². The van der Waals surface area contributed by atoms with Crippen LogP contribution in [-0.4, -0.2) is 42.4 Å². The number of aliphatic hydroxyl groups is 2. The second-order valence-corrected chi connectivity index (χ2v) is 2.27. The number of halogens is 2. The van der Waals surface area contributed by atoms with Gasteiger partial charge >= 0.3 is 0 Å². The van der Waals surface area contributed by atoms with Crippen LogP contribution in [0.4, 0.5) is 8.78 Å². The Hall–Kier alpha value is -0.260. The molecule has 5 heteroatoms. The van der Waals surface area contributed by atoms with Crippen molar-refractivity contribution in [1.29, 1.82) is 0 Å².